The smallest absolute Gasteiger partial charge is 0.308 e. The summed E-state index contributed by atoms with van der Waals surface area (Å²) in [4.78, 5) is 11.5. The molecule has 1 atom stereocenters. The molecule has 1 aliphatic heterocycles. The van der Waals surface area contributed by atoms with Crippen molar-refractivity contribution < 1.29 is 23.1 Å². The van der Waals surface area contributed by atoms with E-state index in [4.69, 9.17) is 4.74 Å². The number of benzene rings is 1. The Morgan fingerprint density at radius 2 is 1.79 bits per heavy atom. The molecule has 3 rings (SSSR count). The number of ether oxygens (including phenoxy) is 1. The predicted octanol–water partition coefficient (Wildman–Crippen LogP) is 1.20. The van der Waals surface area contributed by atoms with E-state index in [-0.39, 0.29) is 12.5 Å². The highest BCUT2D eigenvalue weighted by molar-refractivity contribution is 7.90. The van der Waals surface area contributed by atoms with Crippen LogP contribution < -0.4 is 4.72 Å². The van der Waals surface area contributed by atoms with E-state index in [0.29, 0.717) is 38.9 Å². The molecule has 0 radical (unpaired) electrons. The van der Waals surface area contributed by atoms with Gasteiger partial charge in [0.15, 0.2) is 0 Å². The summed E-state index contributed by atoms with van der Waals surface area (Å²) in [7, 11) is -3.54. The van der Waals surface area contributed by atoms with Crippen LogP contribution in [-0.4, -0.2) is 44.5 Å². The number of carboxylic acid groups (broad SMARTS) is 1. The van der Waals surface area contributed by atoms with Crippen molar-refractivity contribution in [3.8, 4) is 0 Å². The van der Waals surface area contributed by atoms with Crippen molar-refractivity contribution in [1.29, 1.82) is 0 Å². The number of aliphatic carboxylic acids is 1. The lowest BCUT2D eigenvalue weighted by Gasteiger charge is -2.28. The van der Waals surface area contributed by atoms with E-state index in [1.165, 1.54) is 0 Å². The summed E-state index contributed by atoms with van der Waals surface area (Å²) in [5.74, 6) is -1.69. The SMILES string of the molecule is O=C(O)C(CNS(=O)(=O)C1Cc2ccccc2C1)C1CCOCC1. The molecular formula is C17H23NO5S. The van der Waals surface area contributed by atoms with Gasteiger partial charge < -0.3 is 9.84 Å². The Kier molecular flexibility index (Phi) is 5.22. The number of sulfonamides is 1. The molecule has 1 aromatic rings. The summed E-state index contributed by atoms with van der Waals surface area (Å²) in [5, 5.41) is 8.94. The molecule has 1 aromatic carbocycles. The van der Waals surface area contributed by atoms with Crippen LogP contribution in [0.5, 0.6) is 0 Å². The summed E-state index contributed by atoms with van der Waals surface area (Å²) >= 11 is 0. The third-order valence-electron chi connectivity index (χ3n) is 5.11. The first kappa shape index (κ1) is 17.4. The standard InChI is InChI=1S/C17H23NO5S/c19-17(20)16(12-5-7-23-8-6-12)11-18-24(21,22)15-9-13-3-1-2-4-14(13)10-15/h1-4,12,15-16,18H,5-11H2,(H,19,20). The number of rotatable bonds is 6. The average Bonchev–Trinajstić information content (AvgIpc) is 3.00. The second-order valence-electron chi connectivity index (χ2n) is 6.59. The predicted molar refractivity (Wildman–Crippen MR) is 89.2 cm³/mol. The van der Waals surface area contributed by atoms with E-state index in [2.05, 4.69) is 4.72 Å². The Balaban J connectivity index is 1.63. The molecule has 1 saturated heterocycles. The minimum Gasteiger partial charge on any atom is -0.481 e. The maximum absolute atomic E-state index is 12.6. The number of hydrogen-bond acceptors (Lipinski definition) is 4. The van der Waals surface area contributed by atoms with Gasteiger partial charge in [0.25, 0.3) is 0 Å². The molecule has 1 aliphatic carbocycles. The molecule has 6 nitrogen and oxygen atoms in total. The van der Waals surface area contributed by atoms with Gasteiger partial charge in [-0.25, -0.2) is 13.1 Å². The monoisotopic (exact) mass is 353 g/mol. The molecule has 2 aliphatic rings. The Morgan fingerprint density at radius 1 is 1.21 bits per heavy atom. The Morgan fingerprint density at radius 3 is 2.33 bits per heavy atom. The molecule has 1 fully saturated rings. The molecule has 132 valence electrons. The number of fused-ring (bicyclic) bond motifs is 1. The van der Waals surface area contributed by atoms with E-state index in [1.54, 1.807) is 0 Å². The fraction of sp³-hybridized carbons (Fsp3) is 0.588. The van der Waals surface area contributed by atoms with E-state index >= 15 is 0 Å². The van der Waals surface area contributed by atoms with Crippen molar-refractivity contribution in [1.82, 2.24) is 4.72 Å². The fourth-order valence-electron chi connectivity index (χ4n) is 3.64. The Labute approximate surface area is 142 Å². The van der Waals surface area contributed by atoms with Gasteiger partial charge in [0.1, 0.15) is 0 Å². The first-order valence-electron chi connectivity index (χ1n) is 8.33. The van der Waals surface area contributed by atoms with E-state index in [9.17, 15) is 18.3 Å². The van der Waals surface area contributed by atoms with Crippen LogP contribution in [0.1, 0.15) is 24.0 Å². The zero-order valence-corrected chi connectivity index (χ0v) is 14.3. The average molecular weight is 353 g/mol. The fourth-order valence-corrected chi connectivity index (χ4v) is 5.08. The third-order valence-corrected chi connectivity index (χ3v) is 6.89. The molecule has 24 heavy (non-hydrogen) atoms. The minimum absolute atomic E-state index is 0.0419. The molecule has 1 unspecified atom stereocenters. The summed E-state index contributed by atoms with van der Waals surface area (Å²) in [6.45, 7) is 1.04. The summed E-state index contributed by atoms with van der Waals surface area (Å²) < 4.78 is 33.0. The zero-order valence-electron chi connectivity index (χ0n) is 13.5. The lowest BCUT2D eigenvalue weighted by Crippen LogP contribution is -2.42. The molecule has 0 bridgehead atoms. The van der Waals surface area contributed by atoms with Gasteiger partial charge in [-0.05, 0) is 42.7 Å². The normalized spacial score (nSPS) is 20.7. The quantitative estimate of drug-likeness (QED) is 0.802. The molecule has 0 amide bonds. The summed E-state index contributed by atoms with van der Waals surface area (Å²) in [5.41, 5.74) is 2.12. The van der Waals surface area contributed by atoms with Crippen LogP contribution in [0.2, 0.25) is 0 Å². The molecular weight excluding hydrogens is 330 g/mol. The molecule has 0 spiro atoms. The van der Waals surface area contributed by atoms with Crippen molar-refractivity contribution >= 4 is 16.0 Å². The van der Waals surface area contributed by atoms with Gasteiger partial charge in [0.05, 0.1) is 11.2 Å². The van der Waals surface area contributed by atoms with Crippen molar-refractivity contribution in [3.05, 3.63) is 35.4 Å². The van der Waals surface area contributed by atoms with Gasteiger partial charge in [0.2, 0.25) is 10.0 Å². The molecule has 0 aromatic heterocycles. The van der Waals surface area contributed by atoms with E-state index < -0.39 is 27.2 Å². The maximum Gasteiger partial charge on any atom is 0.308 e. The second kappa shape index (κ2) is 7.21. The van der Waals surface area contributed by atoms with Crippen molar-refractivity contribution in [2.75, 3.05) is 19.8 Å². The zero-order chi connectivity index (χ0) is 17.2. The molecule has 1 heterocycles. The molecule has 7 heteroatoms. The first-order valence-corrected chi connectivity index (χ1v) is 9.88. The molecule has 0 saturated carbocycles. The van der Waals surface area contributed by atoms with Crippen LogP contribution in [0.3, 0.4) is 0 Å². The summed E-state index contributed by atoms with van der Waals surface area (Å²) in [6, 6.07) is 7.72. The van der Waals surface area contributed by atoms with Crippen molar-refractivity contribution in [2.45, 2.75) is 30.9 Å². The van der Waals surface area contributed by atoms with Gasteiger partial charge >= 0.3 is 5.97 Å². The Bertz CT molecular complexity index is 672. The van der Waals surface area contributed by atoms with Crippen molar-refractivity contribution in [3.63, 3.8) is 0 Å². The maximum atomic E-state index is 12.6. The van der Waals surface area contributed by atoms with Gasteiger partial charge in [0, 0.05) is 19.8 Å². The first-order chi connectivity index (χ1) is 11.5. The number of hydrogen-bond donors (Lipinski definition) is 2. The summed E-state index contributed by atoms with van der Waals surface area (Å²) in [6.07, 6.45) is 2.29. The van der Waals surface area contributed by atoms with Crippen LogP contribution in [0.15, 0.2) is 24.3 Å². The Hall–Kier alpha value is -1.44. The lowest BCUT2D eigenvalue weighted by atomic mass is 9.86. The topological polar surface area (TPSA) is 92.7 Å². The number of nitrogens with one attached hydrogen (secondary N) is 1. The third kappa shape index (κ3) is 3.79. The number of carboxylic acids is 1. The van der Waals surface area contributed by atoms with Crippen LogP contribution in [0.25, 0.3) is 0 Å². The highest BCUT2D eigenvalue weighted by Gasteiger charge is 2.35. The minimum atomic E-state index is -3.54. The van der Waals surface area contributed by atoms with Crippen LogP contribution in [-0.2, 0) is 32.4 Å². The second-order valence-corrected chi connectivity index (χ2v) is 8.63. The van der Waals surface area contributed by atoms with Crippen LogP contribution in [0, 0.1) is 11.8 Å². The largest absolute Gasteiger partial charge is 0.481 e. The van der Waals surface area contributed by atoms with Crippen LogP contribution in [0.4, 0.5) is 0 Å². The van der Waals surface area contributed by atoms with Gasteiger partial charge in [-0.1, -0.05) is 24.3 Å². The van der Waals surface area contributed by atoms with Gasteiger partial charge in [-0.3, -0.25) is 4.79 Å². The number of carbonyl (C=O) groups is 1. The van der Waals surface area contributed by atoms with Crippen LogP contribution >= 0.6 is 0 Å². The van der Waals surface area contributed by atoms with Crippen molar-refractivity contribution in [2.24, 2.45) is 11.8 Å². The van der Waals surface area contributed by atoms with Gasteiger partial charge in [-0.2, -0.15) is 0 Å². The van der Waals surface area contributed by atoms with E-state index in [1.807, 2.05) is 24.3 Å². The highest BCUT2D eigenvalue weighted by Crippen LogP contribution is 2.27. The molecule has 2 N–H and O–H groups in total. The van der Waals surface area contributed by atoms with E-state index in [0.717, 1.165) is 11.1 Å². The van der Waals surface area contributed by atoms with Gasteiger partial charge in [-0.15, -0.1) is 0 Å². The highest BCUT2D eigenvalue weighted by atomic mass is 32.2. The lowest BCUT2D eigenvalue weighted by molar-refractivity contribution is -0.144.